The van der Waals surface area contributed by atoms with E-state index in [0.717, 1.165) is 0 Å². The minimum absolute atomic E-state index is 0.0141. The maximum atomic E-state index is 13.2. The Hall–Kier alpha value is -3.87. The zero-order chi connectivity index (χ0) is 23.6. The van der Waals surface area contributed by atoms with Gasteiger partial charge in [-0.2, -0.15) is 13.9 Å². The molecule has 4 aromatic rings. The van der Waals surface area contributed by atoms with Crippen molar-refractivity contribution in [3.05, 3.63) is 54.4 Å². The Morgan fingerprint density at radius 2 is 1.85 bits per heavy atom. The molecule has 2 aromatic heterocycles. The van der Waals surface area contributed by atoms with Crippen molar-refractivity contribution >= 4 is 26.8 Å². The number of sulfonamides is 1. The van der Waals surface area contributed by atoms with Crippen LogP contribution in [0, 0.1) is 0 Å². The number of methoxy groups -OCH3 is 2. The van der Waals surface area contributed by atoms with E-state index in [0.29, 0.717) is 5.56 Å². The van der Waals surface area contributed by atoms with Gasteiger partial charge in [0.15, 0.2) is 16.3 Å². The monoisotopic (exact) mass is 480 g/mol. The summed E-state index contributed by atoms with van der Waals surface area (Å²) < 4.78 is 76.6. The molecule has 0 aliphatic carbocycles. The number of aromatic nitrogens is 3. The largest absolute Gasteiger partial charge is 0.495 e. The van der Waals surface area contributed by atoms with Gasteiger partial charge in [-0.3, -0.25) is 9.40 Å². The molecule has 0 fully saturated rings. The topological polar surface area (TPSA) is 118 Å². The summed E-state index contributed by atoms with van der Waals surface area (Å²) in [6, 6.07) is 9.01. The SMILES string of the molecule is COc1cccc(OC)c1S(=O)(=O)Nc1noc2cc(Cn3cccn3)cc(OC(F)F)c12. The normalized spacial score (nSPS) is 11.7. The van der Waals surface area contributed by atoms with Crippen molar-refractivity contribution in [3.63, 3.8) is 0 Å². The fourth-order valence-electron chi connectivity index (χ4n) is 3.28. The standard InChI is InChI=1S/C20H18F2N4O6S/c1-29-13-5-3-6-14(30-2)18(13)33(27,28)25-19-17-15(31-20(21)22)9-12(10-16(17)32-24-19)11-26-8-4-7-23-26/h3-10,20H,11H2,1-2H3,(H,24,25). The molecular formula is C20H18F2N4O6S. The predicted octanol–water partition coefficient (Wildman–Crippen LogP) is 3.49. The predicted molar refractivity (Wildman–Crippen MR) is 112 cm³/mol. The third-order valence-corrected chi connectivity index (χ3v) is 6.00. The molecule has 0 atom stereocenters. The van der Waals surface area contributed by atoms with Crippen molar-refractivity contribution in [2.75, 3.05) is 18.9 Å². The summed E-state index contributed by atoms with van der Waals surface area (Å²) in [7, 11) is -1.74. The first-order chi connectivity index (χ1) is 15.8. The van der Waals surface area contributed by atoms with E-state index in [1.165, 1.54) is 38.5 Å². The van der Waals surface area contributed by atoms with E-state index in [2.05, 4.69) is 19.7 Å². The summed E-state index contributed by atoms with van der Waals surface area (Å²) in [5.41, 5.74) is 0.568. The number of ether oxygens (including phenoxy) is 3. The van der Waals surface area contributed by atoms with Gasteiger partial charge in [-0.25, -0.2) is 8.42 Å². The minimum Gasteiger partial charge on any atom is -0.495 e. The van der Waals surface area contributed by atoms with Crippen LogP contribution in [0.1, 0.15) is 5.56 Å². The van der Waals surface area contributed by atoms with Gasteiger partial charge in [0.05, 0.1) is 20.8 Å². The number of alkyl halides is 2. The second kappa shape index (κ2) is 8.94. The van der Waals surface area contributed by atoms with Crippen molar-refractivity contribution in [1.82, 2.24) is 14.9 Å². The number of anilines is 1. The minimum atomic E-state index is -4.34. The Balaban J connectivity index is 1.79. The molecule has 13 heteroatoms. The van der Waals surface area contributed by atoms with E-state index >= 15 is 0 Å². The lowest BCUT2D eigenvalue weighted by atomic mass is 10.1. The molecule has 1 N–H and O–H groups in total. The first-order valence-electron chi connectivity index (χ1n) is 9.40. The fourth-order valence-corrected chi connectivity index (χ4v) is 4.61. The Morgan fingerprint density at radius 3 is 2.45 bits per heavy atom. The highest BCUT2D eigenvalue weighted by Crippen LogP contribution is 2.38. The smallest absolute Gasteiger partial charge is 0.387 e. The van der Waals surface area contributed by atoms with Crippen molar-refractivity contribution in [3.8, 4) is 17.2 Å². The zero-order valence-corrected chi connectivity index (χ0v) is 18.2. The lowest BCUT2D eigenvalue weighted by Crippen LogP contribution is -2.16. The van der Waals surface area contributed by atoms with Crippen LogP contribution in [-0.2, 0) is 16.6 Å². The third-order valence-electron chi connectivity index (χ3n) is 4.60. The molecule has 33 heavy (non-hydrogen) atoms. The van der Waals surface area contributed by atoms with Gasteiger partial charge in [0.25, 0.3) is 10.0 Å². The molecule has 0 aliphatic heterocycles. The summed E-state index contributed by atoms with van der Waals surface area (Å²) in [5.74, 6) is -0.615. The molecule has 0 aliphatic rings. The van der Waals surface area contributed by atoms with E-state index in [1.807, 2.05) is 0 Å². The van der Waals surface area contributed by atoms with Crippen LogP contribution in [0.4, 0.5) is 14.6 Å². The summed E-state index contributed by atoms with van der Waals surface area (Å²) in [6.45, 7) is -2.93. The van der Waals surface area contributed by atoms with E-state index in [4.69, 9.17) is 14.0 Å². The Bertz CT molecular complexity index is 1350. The summed E-state index contributed by atoms with van der Waals surface area (Å²) in [5, 5.41) is 7.72. The molecule has 0 bridgehead atoms. The first-order valence-corrected chi connectivity index (χ1v) is 10.9. The maximum Gasteiger partial charge on any atom is 0.387 e. The molecule has 0 amide bonds. The molecule has 174 valence electrons. The van der Waals surface area contributed by atoms with Gasteiger partial charge < -0.3 is 18.7 Å². The van der Waals surface area contributed by atoms with Crippen LogP contribution in [-0.4, -0.2) is 44.2 Å². The molecule has 0 spiro atoms. The van der Waals surface area contributed by atoms with E-state index in [-0.39, 0.29) is 45.5 Å². The number of benzene rings is 2. The third kappa shape index (κ3) is 4.53. The molecule has 0 unspecified atom stereocenters. The van der Waals surface area contributed by atoms with Crippen LogP contribution < -0.4 is 18.9 Å². The van der Waals surface area contributed by atoms with Gasteiger partial charge in [-0.15, -0.1) is 0 Å². The Morgan fingerprint density at radius 1 is 1.12 bits per heavy atom. The van der Waals surface area contributed by atoms with Crippen LogP contribution in [0.3, 0.4) is 0 Å². The maximum absolute atomic E-state index is 13.2. The molecule has 10 nitrogen and oxygen atoms in total. The van der Waals surface area contributed by atoms with Crippen LogP contribution in [0.5, 0.6) is 17.2 Å². The average Bonchev–Trinajstić information content (AvgIpc) is 3.42. The second-order valence-corrected chi connectivity index (χ2v) is 8.30. The van der Waals surface area contributed by atoms with E-state index in [1.54, 1.807) is 29.2 Å². The molecule has 4 rings (SSSR count). The quantitative estimate of drug-likeness (QED) is 0.387. The molecular weight excluding hydrogens is 462 g/mol. The Kier molecular flexibility index (Phi) is 6.05. The molecule has 0 radical (unpaired) electrons. The van der Waals surface area contributed by atoms with E-state index in [9.17, 15) is 17.2 Å². The van der Waals surface area contributed by atoms with Gasteiger partial charge >= 0.3 is 6.61 Å². The number of nitrogens with one attached hydrogen (secondary N) is 1. The van der Waals surface area contributed by atoms with Crippen molar-refractivity contribution in [2.45, 2.75) is 18.1 Å². The number of hydrogen-bond donors (Lipinski definition) is 1. The lowest BCUT2D eigenvalue weighted by molar-refractivity contribution is -0.0488. The average molecular weight is 480 g/mol. The molecule has 2 aromatic carbocycles. The van der Waals surface area contributed by atoms with Crippen LogP contribution in [0.15, 0.2) is 58.2 Å². The first kappa shape index (κ1) is 22.3. The van der Waals surface area contributed by atoms with Gasteiger partial charge in [0.1, 0.15) is 22.6 Å². The van der Waals surface area contributed by atoms with Crippen molar-refractivity contribution in [1.29, 1.82) is 0 Å². The summed E-state index contributed by atoms with van der Waals surface area (Å²) in [4.78, 5) is -0.294. The highest BCUT2D eigenvalue weighted by molar-refractivity contribution is 7.93. The molecule has 0 saturated heterocycles. The number of rotatable bonds is 9. The molecule has 2 heterocycles. The van der Waals surface area contributed by atoms with Crippen molar-refractivity contribution < 1.29 is 35.9 Å². The van der Waals surface area contributed by atoms with Gasteiger partial charge in [-0.1, -0.05) is 11.2 Å². The Labute approximate surface area is 186 Å². The van der Waals surface area contributed by atoms with Crippen LogP contribution >= 0.6 is 0 Å². The summed E-state index contributed by atoms with van der Waals surface area (Å²) in [6.07, 6.45) is 3.26. The van der Waals surface area contributed by atoms with Crippen LogP contribution in [0.2, 0.25) is 0 Å². The lowest BCUT2D eigenvalue weighted by Gasteiger charge is -2.14. The summed E-state index contributed by atoms with van der Waals surface area (Å²) >= 11 is 0. The van der Waals surface area contributed by atoms with Gasteiger partial charge in [-0.05, 0) is 35.9 Å². The molecule has 0 saturated carbocycles. The number of halogens is 2. The number of fused-ring (bicyclic) bond motifs is 1. The number of hydrogen-bond acceptors (Lipinski definition) is 8. The highest BCUT2D eigenvalue weighted by atomic mass is 32.2. The van der Waals surface area contributed by atoms with Gasteiger partial charge in [0.2, 0.25) is 0 Å². The zero-order valence-electron chi connectivity index (χ0n) is 17.4. The second-order valence-electron chi connectivity index (χ2n) is 6.68. The highest BCUT2D eigenvalue weighted by Gasteiger charge is 2.28. The number of nitrogens with zero attached hydrogens (tertiary/aromatic N) is 3. The van der Waals surface area contributed by atoms with Gasteiger partial charge in [0, 0.05) is 12.4 Å². The van der Waals surface area contributed by atoms with Crippen LogP contribution in [0.25, 0.3) is 11.0 Å². The van der Waals surface area contributed by atoms with E-state index < -0.39 is 16.6 Å². The fraction of sp³-hybridized carbons (Fsp3) is 0.200. The van der Waals surface area contributed by atoms with Crippen molar-refractivity contribution in [2.24, 2.45) is 0 Å².